The fourth-order valence-electron chi connectivity index (χ4n) is 1.76. The van der Waals surface area contributed by atoms with E-state index in [4.69, 9.17) is 5.73 Å². The van der Waals surface area contributed by atoms with Crippen LogP contribution in [0.25, 0.3) is 6.08 Å². The van der Waals surface area contributed by atoms with Gasteiger partial charge in [-0.15, -0.1) is 0 Å². The molecule has 1 aromatic carbocycles. The van der Waals surface area contributed by atoms with Crippen LogP contribution >= 0.6 is 0 Å². The van der Waals surface area contributed by atoms with Crippen LogP contribution in [0.5, 0.6) is 5.75 Å². The molecule has 0 aromatic heterocycles. The molecule has 0 radical (unpaired) electrons. The Morgan fingerprint density at radius 2 is 2.00 bits per heavy atom. The minimum atomic E-state index is 0.227. The first-order valence-corrected chi connectivity index (χ1v) is 5.47. The third kappa shape index (κ3) is 2.14. The van der Waals surface area contributed by atoms with Gasteiger partial charge in [-0.25, -0.2) is 0 Å². The molecule has 1 aliphatic rings. The highest BCUT2D eigenvalue weighted by Crippen LogP contribution is 2.34. The first-order valence-electron chi connectivity index (χ1n) is 5.47. The maximum Gasteiger partial charge on any atom is 0.142 e. The van der Waals surface area contributed by atoms with E-state index in [0.29, 0.717) is 5.69 Å². The van der Waals surface area contributed by atoms with Gasteiger partial charge in [0.2, 0.25) is 0 Å². The lowest BCUT2D eigenvalue weighted by molar-refractivity contribution is 0.473. The van der Waals surface area contributed by atoms with E-state index in [2.05, 4.69) is 6.08 Å². The number of aromatic hydroxyl groups is 1. The highest BCUT2D eigenvalue weighted by atomic mass is 16.3. The number of nitrogens with two attached hydrogens (primary N) is 1. The molecule has 0 amide bonds. The van der Waals surface area contributed by atoms with Gasteiger partial charge in [-0.05, 0) is 30.9 Å². The number of allylic oxidation sites excluding steroid dienone is 1. The van der Waals surface area contributed by atoms with Crippen molar-refractivity contribution in [2.24, 2.45) is 0 Å². The summed E-state index contributed by atoms with van der Waals surface area (Å²) in [6.07, 6.45) is 6.18. The number of fused-ring (bicyclic) bond motifs is 1. The fourth-order valence-corrected chi connectivity index (χ4v) is 1.76. The maximum atomic E-state index is 9.60. The molecule has 1 aliphatic carbocycles. The zero-order chi connectivity index (χ0) is 11.4. The molecule has 0 saturated carbocycles. The summed E-state index contributed by atoms with van der Waals surface area (Å²) >= 11 is 0. The number of phenolic OH excluding ortho intramolecular Hbond substituents is 1. The third-order valence-corrected chi connectivity index (χ3v) is 2.52. The molecule has 0 fully saturated rings. The summed E-state index contributed by atoms with van der Waals surface area (Å²) in [5.74, 6) is 0.227. The smallest absolute Gasteiger partial charge is 0.142 e. The molecule has 0 bridgehead atoms. The second-order valence-corrected chi connectivity index (χ2v) is 3.47. The van der Waals surface area contributed by atoms with Gasteiger partial charge >= 0.3 is 0 Å². The third-order valence-electron chi connectivity index (χ3n) is 2.52. The van der Waals surface area contributed by atoms with E-state index in [1.54, 1.807) is 0 Å². The maximum absolute atomic E-state index is 9.60. The highest BCUT2D eigenvalue weighted by Gasteiger charge is 2.12. The Bertz CT molecular complexity index is 381. The molecule has 2 heteroatoms. The van der Waals surface area contributed by atoms with E-state index in [0.717, 1.165) is 24.0 Å². The molecule has 0 atom stereocenters. The molecular weight excluding hydrogens is 186 g/mol. The number of aryl methyl sites for hydroxylation is 2. The standard InChI is InChI=1S/C11H13NO.C2H6/c1-7-6-8-4-2-3-5-9(8)10(12)11(7)13;1-2/h3,5-6,13H,2,4,12H2,1H3;1-2H3. The first kappa shape index (κ1) is 11.6. The van der Waals surface area contributed by atoms with Crippen molar-refractivity contribution in [1.82, 2.24) is 0 Å². The van der Waals surface area contributed by atoms with Crippen LogP contribution < -0.4 is 5.73 Å². The Morgan fingerprint density at radius 3 is 2.67 bits per heavy atom. The number of hydrogen-bond donors (Lipinski definition) is 2. The van der Waals surface area contributed by atoms with Crippen LogP contribution in [-0.4, -0.2) is 5.11 Å². The normalized spacial score (nSPS) is 12.7. The number of benzene rings is 1. The quantitative estimate of drug-likeness (QED) is 0.504. The van der Waals surface area contributed by atoms with Crippen LogP contribution in [-0.2, 0) is 6.42 Å². The van der Waals surface area contributed by atoms with Crippen LogP contribution in [0, 0.1) is 6.92 Å². The van der Waals surface area contributed by atoms with Gasteiger partial charge in [0.25, 0.3) is 0 Å². The number of phenols is 1. The van der Waals surface area contributed by atoms with Crippen LogP contribution in [0.15, 0.2) is 12.1 Å². The van der Waals surface area contributed by atoms with Gasteiger partial charge in [0, 0.05) is 5.56 Å². The van der Waals surface area contributed by atoms with E-state index in [1.807, 2.05) is 32.9 Å². The van der Waals surface area contributed by atoms with Crippen LogP contribution in [0.2, 0.25) is 0 Å². The van der Waals surface area contributed by atoms with Crippen LogP contribution in [0.1, 0.15) is 37.0 Å². The Balaban J connectivity index is 0.000000531. The summed E-state index contributed by atoms with van der Waals surface area (Å²) in [5, 5.41) is 9.60. The Labute approximate surface area is 91.4 Å². The van der Waals surface area contributed by atoms with E-state index in [9.17, 15) is 5.11 Å². The predicted molar refractivity (Wildman–Crippen MR) is 66.0 cm³/mol. The summed E-state index contributed by atoms with van der Waals surface area (Å²) in [6.45, 7) is 5.88. The number of anilines is 1. The van der Waals surface area contributed by atoms with Gasteiger partial charge < -0.3 is 10.8 Å². The van der Waals surface area contributed by atoms with Crippen molar-refractivity contribution in [3.63, 3.8) is 0 Å². The molecule has 3 N–H and O–H groups in total. The highest BCUT2D eigenvalue weighted by molar-refractivity contribution is 5.75. The molecule has 1 aromatic rings. The Morgan fingerprint density at radius 1 is 1.33 bits per heavy atom. The Kier molecular flexibility index (Phi) is 3.78. The van der Waals surface area contributed by atoms with Gasteiger partial charge in [-0.1, -0.05) is 32.1 Å². The minimum Gasteiger partial charge on any atom is -0.505 e. The second-order valence-electron chi connectivity index (χ2n) is 3.47. The van der Waals surface area contributed by atoms with Crippen molar-refractivity contribution in [2.75, 3.05) is 5.73 Å². The summed E-state index contributed by atoms with van der Waals surface area (Å²) in [4.78, 5) is 0. The lowest BCUT2D eigenvalue weighted by Crippen LogP contribution is -2.01. The Hall–Kier alpha value is -1.44. The van der Waals surface area contributed by atoms with Gasteiger partial charge in [-0.2, -0.15) is 0 Å². The number of hydrogen-bond acceptors (Lipinski definition) is 2. The van der Waals surface area contributed by atoms with Crippen molar-refractivity contribution in [1.29, 1.82) is 0 Å². The zero-order valence-electron chi connectivity index (χ0n) is 9.67. The van der Waals surface area contributed by atoms with Crippen molar-refractivity contribution in [2.45, 2.75) is 33.6 Å². The molecule has 82 valence electrons. The van der Waals surface area contributed by atoms with Crippen molar-refractivity contribution in [3.05, 3.63) is 28.8 Å². The van der Waals surface area contributed by atoms with E-state index in [1.165, 1.54) is 5.56 Å². The van der Waals surface area contributed by atoms with Gasteiger partial charge in [0.1, 0.15) is 5.75 Å². The van der Waals surface area contributed by atoms with Crippen molar-refractivity contribution < 1.29 is 5.11 Å². The van der Waals surface area contributed by atoms with E-state index < -0.39 is 0 Å². The van der Waals surface area contributed by atoms with Crippen LogP contribution in [0.4, 0.5) is 5.69 Å². The SMILES string of the molecule is CC.Cc1cc2c(c(N)c1O)C=CCC2. The average Bonchev–Trinajstić information content (AvgIpc) is 2.29. The van der Waals surface area contributed by atoms with Gasteiger partial charge in [-0.3, -0.25) is 0 Å². The molecule has 2 rings (SSSR count). The van der Waals surface area contributed by atoms with Gasteiger partial charge in [0.15, 0.2) is 0 Å². The minimum absolute atomic E-state index is 0.227. The predicted octanol–water partition coefficient (Wildman–Crippen LogP) is 3.27. The molecule has 0 heterocycles. The van der Waals surface area contributed by atoms with E-state index >= 15 is 0 Å². The second kappa shape index (κ2) is 4.87. The monoisotopic (exact) mass is 205 g/mol. The average molecular weight is 205 g/mol. The van der Waals surface area contributed by atoms with E-state index in [-0.39, 0.29) is 5.75 Å². The largest absolute Gasteiger partial charge is 0.505 e. The lowest BCUT2D eigenvalue weighted by atomic mass is 9.93. The van der Waals surface area contributed by atoms with Gasteiger partial charge in [0.05, 0.1) is 5.69 Å². The molecule has 0 unspecified atom stereocenters. The molecule has 0 saturated heterocycles. The molecule has 0 spiro atoms. The first-order chi connectivity index (χ1) is 7.20. The number of rotatable bonds is 0. The van der Waals surface area contributed by atoms with Crippen LogP contribution in [0.3, 0.4) is 0 Å². The molecule has 0 aliphatic heterocycles. The lowest BCUT2D eigenvalue weighted by Gasteiger charge is -2.15. The summed E-state index contributed by atoms with van der Waals surface area (Å²) in [7, 11) is 0. The summed E-state index contributed by atoms with van der Waals surface area (Å²) in [5.41, 5.74) is 9.43. The number of nitrogen functional groups attached to an aromatic ring is 1. The molecule has 2 nitrogen and oxygen atoms in total. The summed E-state index contributed by atoms with van der Waals surface area (Å²) in [6, 6.07) is 2.02. The summed E-state index contributed by atoms with van der Waals surface area (Å²) < 4.78 is 0. The topological polar surface area (TPSA) is 46.2 Å². The molecular formula is C13H19NO. The van der Waals surface area contributed by atoms with Crippen molar-refractivity contribution in [3.8, 4) is 5.75 Å². The zero-order valence-corrected chi connectivity index (χ0v) is 9.67. The van der Waals surface area contributed by atoms with Crippen molar-refractivity contribution >= 4 is 11.8 Å². The fraction of sp³-hybridized carbons (Fsp3) is 0.385. The molecule has 15 heavy (non-hydrogen) atoms.